The van der Waals surface area contributed by atoms with Crippen LogP contribution in [0.15, 0.2) is 85.3 Å². The zero-order valence-electron chi connectivity index (χ0n) is 25.4. The minimum atomic E-state index is -0.242. The van der Waals surface area contributed by atoms with Gasteiger partial charge in [-0.15, -0.1) is 0 Å². The third-order valence-corrected chi connectivity index (χ3v) is 7.29. The molecule has 1 aromatic carbocycles. The molecule has 0 atom stereocenters. The van der Waals surface area contributed by atoms with Crippen LogP contribution >= 0.6 is 0 Å². The van der Waals surface area contributed by atoms with Crippen molar-refractivity contribution >= 4 is 28.5 Å². The minimum absolute atomic E-state index is 0.242. The van der Waals surface area contributed by atoms with E-state index in [4.69, 9.17) is 4.74 Å². The number of rotatable bonds is 13. The topological polar surface area (TPSA) is 74.1 Å². The molecule has 8 nitrogen and oxygen atoms in total. The van der Waals surface area contributed by atoms with Crippen LogP contribution in [0.5, 0.6) is 5.75 Å². The van der Waals surface area contributed by atoms with Crippen molar-refractivity contribution < 1.29 is 9.53 Å². The van der Waals surface area contributed by atoms with Gasteiger partial charge in [-0.2, -0.15) is 0 Å². The SMILES string of the molecule is C=C(C=CC=C(C)C)CN(C)c1cccc(NC(=O)c2cnc3cc(OCCN4CCNCC4)ccn23)c1C(=C)CC. The fourth-order valence-corrected chi connectivity index (χ4v) is 4.96. The van der Waals surface area contributed by atoms with Crippen LogP contribution in [0.1, 0.15) is 43.2 Å². The van der Waals surface area contributed by atoms with Gasteiger partial charge in [0.15, 0.2) is 0 Å². The first kappa shape index (κ1) is 30.8. The molecule has 1 saturated heterocycles. The number of allylic oxidation sites excluding steroid dienone is 4. The number of nitrogens with zero attached hydrogens (tertiary/aromatic N) is 4. The van der Waals surface area contributed by atoms with Gasteiger partial charge >= 0.3 is 0 Å². The molecule has 3 heterocycles. The number of carbonyl (C=O) groups excluding carboxylic acids is 1. The summed E-state index contributed by atoms with van der Waals surface area (Å²) in [5, 5.41) is 6.49. The number of amides is 1. The molecule has 0 aliphatic carbocycles. The number of nitrogens with one attached hydrogen (secondary N) is 2. The zero-order valence-corrected chi connectivity index (χ0v) is 25.4. The summed E-state index contributed by atoms with van der Waals surface area (Å²) in [5.41, 5.74) is 6.88. The summed E-state index contributed by atoms with van der Waals surface area (Å²) in [4.78, 5) is 22.5. The van der Waals surface area contributed by atoms with Crippen molar-refractivity contribution in [2.45, 2.75) is 27.2 Å². The van der Waals surface area contributed by atoms with Crippen LogP contribution in [0.25, 0.3) is 11.2 Å². The van der Waals surface area contributed by atoms with Gasteiger partial charge in [-0.1, -0.05) is 49.9 Å². The highest BCUT2D eigenvalue weighted by Crippen LogP contribution is 2.35. The number of fused-ring (bicyclic) bond motifs is 1. The van der Waals surface area contributed by atoms with Crippen molar-refractivity contribution in [3.05, 3.63) is 96.5 Å². The van der Waals surface area contributed by atoms with Gasteiger partial charge in [0.2, 0.25) is 0 Å². The third kappa shape index (κ3) is 7.99. The fraction of sp³-hybridized carbons (Fsp3) is 0.353. The smallest absolute Gasteiger partial charge is 0.274 e. The Kier molecular flexibility index (Phi) is 10.8. The van der Waals surface area contributed by atoms with Gasteiger partial charge in [-0.05, 0) is 49.6 Å². The van der Waals surface area contributed by atoms with E-state index in [-0.39, 0.29) is 5.91 Å². The highest BCUT2D eigenvalue weighted by molar-refractivity contribution is 6.05. The lowest BCUT2D eigenvalue weighted by atomic mass is 9.99. The van der Waals surface area contributed by atoms with Gasteiger partial charge in [0.25, 0.3) is 5.91 Å². The summed E-state index contributed by atoms with van der Waals surface area (Å²) in [6.07, 6.45) is 10.3. The number of benzene rings is 1. The Labute approximate surface area is 250 Å². The van der Waals surface area contributed by atoms with E-state index >= 15 is 0 Å². The summed E-state index contributed by atoms with van der Waals surface area (Å²) in [6.45, 7) is 21.0. The van der Waals surface area contributed by atoms with Crippen molar-refractivity contribution in [2.75, 3.05) is 63.1 Å². The molecule has 0 saturated carbocycles. The maximum atomic E-state index is 13.5. The molecule has 1 aliphatic heterocycles. The van der Waals surface area contributed by atoms with E-state index in [2.05, 4.69) is 71.5 Å². The van der Waals surface area contributed by atoms with Crippen LogP contribution in [0.2, 0.25) is 0 Å². The number of imidazole rings is 1. The quantitative estimate of drug-likeness (QED) is 0.254. The first-order valence-electron chi connectivity index (χ1n) is 14.6. The number of carbonyl (C=O) groups is 1. The van der Waals surface area contributed by atoms with E-state index in [1.165, 1.54) is 5.57 Å². The average molecular weight is 569 g/mol. The molecule has 42 heavy (non-hydrogen) atoms. The van der Waals surface area contributed by atoms with Gasteiger partial charge in [0.1, 0.15) is 23.7 Å². The Morgan fingerprint density at radius 2 is 2.00 bits per heavy atom. The Bertz CT molecular complexity index is 1470. The first-order chi connectivity index (χ1) is 20.3. The lowest BCUT2D eigenvalue weighted by molar-refractivity contribution is 0.102. The average Bonchev–Trinajstić information content (AvgIpc) is 3.40. The molecule has 1 fully saturated rings. The normalized spacial score (nSPS) is 13.7. The van der Waals surface area contributed by atoms with Gasteiger partial charge in [0.05, 0.1) is 11.9 Å². The molecule has 8 heteroatoms. The molecule has 0 radical (unpaired) electrons. The number of piperazine rings is 1. The molecule has 222 valence electrons. The van der Waals surface area contributed by atoms with Crippen LogP contribution in [-0.4, -0.2) is 73.1 Å². The predicted molar refractivity (Wildman–Crippen MR) is 175 cm³/mol. The minimum Gasteiger partial charge on any atom is -0.492 e. The van der Waals surface area contributed by atoms with E-state index in [1.807, 2.05) is 49.7 Å². The Balaban J connectivity index is 1.48. The monoisotopic (exact) mass is 568 g/mol. The molecule has 2 aromatic heterocycles. The number of ether oxygens (including phenoxy) is 1. The van der Waals surface area contributed by atoms with Crippen molar-refractivity contribution in [3.8, 4) is 5.75 Å². The summed E-state index contributed by atoms with van der Waals surface area (Å²) >= 11 is 0. The Morgan fingerprint density at radius 3 is 2.74 bits per heavy atom. The van der Waals surface area contributed by atoms with E-state index in [0.717, 1.165) is 67.3 Å². The summed E-state index contributed by atoms with van der Waals surface area (Å²) in [6, 6.07) is 9.67. The van der Waals surface area contributed by atoms with Gasteiger partial charge in [-0.25, -0.2) is 4.98 Å². The summed E-state index contributed by atoms with van der Waals surface area (Å²) in [5.74, 6) is 0.499. The fourth-order valence-electron chi connectivity index (χ4n) is 4.96. The maximum Gasteiger partial charge on any atom is 0.274 e. The molecular formula is C34H44N6O2. The summed E-state index contributed by atoms with van der Waals surface area (Å²) < 4.78 is 7.77. The van der Waals surface area contributed by atoms with Crippen molar-refractivity contribution in [1.82, 2.24) is 19.6 Å². The number of pyridine rings is 1. The van der Waals surface area contributed by atoms with Crippen LogP contribution in [0, 0.1) is 0 Å². The van der Waals surface area contributed by atoms with Crippen LogP contribution < -0.4 is 20.3 Å². The molecule has 1 aliphatic rings. The number of likely N-dealkylation sites (N-methyl/N-ethyl adjacent to an activating group) is 1. The van der Waals surface area contributed by atoms with E-state index in [1.54, 1.807) is 10.6 Å². The molecule has 3 aromatic rings. The molecule has 0 bridgehead atoms. The highest BCUT2D eigenvalue weighted by Gasteiger charge is 2.19. The molecule has 2 N–H and O–H groups in total. The van der Waals surface area contributed by atoms with Gasteiger partial charge in [-0.3, -0.25) is 14.1 Å². The van der Waals surface area contributed by atoms with Crippen LogP contribution in [0.3, 0.4) is 0 Å². The second-order valence-electron chi connectivity index (χ2n) is 10.9. The number of anilines is 2. The van der Waals surface area contributed by atoms with E-state index in [9.17, 15) is 4.79 Å². The maximum absolute atomic E-state index is 13.5. The Morgan fingerprint density at radius 1 is 1.21 bits per heavy atom. The standard InChI is InChI=1S/C34H44N6O2/c1-7-27(5)33-29(12-9-13-30(33)38(6)24-26(4)11-8-10-25(2)3)37-34(41)31-23-36-32-22-28(14-17-40(31)32)42-21-20-39-18-15-35-16-19-39/h8-14,17,22-23,35H,4-5,7,15-16,18-21,24H2,1-3,6H3,(H,37,41). The van der Waals surface area contributed by atoms with Crippen molar-refractivity contribution in [2.24, 2.45) is 0 Å². The molecule has 0 spiro atoms. The largest absolute Gasteiger partial charge is 0.492 e. The number of hydrogen-bond acceptors (Lipinski definition) is 6. The molecule has 0 unspecified atom stereocenters. The molecular weight excluding hydrogens is 524 g/mol. The first-order valence-corrected chi connectivity index (χ1v) is 14.6. The van der Waals surface area contributed by atoms with E-state index < -0.39 is 0 Å². The number of hydrogen-bond donors (Lipinski definition) is 2. The zero-order chi connectivity index (χ0) is 30.1. The van der Waals surface area contributed by atoms with Crippen molar-refractivity contribution in [1.29, 1.82) is 0 Å². The van der Waals surface area contributed by atoms with Gasteiger partial charge in [0, 0.05) is 69.8 Å². The molecule has 4 rings (SSSR count). The van der Waals surface area contributed by atoms with Crippen molar-refractivity contribution in [3.63, 3.8) is 0 Å². The molecule has 1 amide bonds. The second kappa shape index (κ2) is 14.7. The number of aromatic nitrogens is 2. The van der Waals surface area contributed by atoms with Crippen LogP contribution in [-0.2, 0) is 0 Å². The van der Waals surface area contributed by atoms with Gasteiger partial charge < -0.3 is 20.3 Å². The predicted octanol–water partition coefficient (Wildman–Crippen LogP) is 5.81. The van der Waals surface area contributed by atoms with E-state index in [0.29, 0.717) is 30.2 Å². The summed E-state index contributed by atoms with van der Waals surface area (Å²) in [7, 11) is 2.03. The second-order valence-corrected chi connectivity index (χ2v) is 10.9. The third-order valence-electron chi connectivity index (χ3n) is 7.29. The van der Waals surface area contributed by atoms with Crippen LogP contribution in [0.4, 0.5) is 11.4 Å². The lowest BCUT2D eigenvalue weighted by Crippen LogP contribution is -2.44. The Hall–Kier alpha value is -4.14. The lowest BCUT2D eigenvalue weighted by Gasteiger charge is -2.26. The highest BCUT2D eigenvalue weighted by atomic mass is 16.5.